The van der Waals surface area contributed by atoms with E-state index in [1.54, 1.807) is 0 Å². The van der Waals surface area contributed by atoms with Crippen LogP contribution in [0.4, 0.5) is 0 Å². The van der Waals surface area contributed by atoms with Gasteiger partial charge in [-0.15, -0.1) is 0 Å². The van der Waals surface area contributed by atoms with Gasteiger partial charge >= 0.3 is 0 Å². The van der Waals surface area contributed by atoms with E-state index in [1.165, 1.54) is 87.9 Å². The maximum Gasteiger partial charge on any atom is 0.0541 e. The van der Waals surface area contributed by atoms with E-state index in [0.29, 0.717) is 0 Å². The lowest BCUT2D eigenvalue weighted by molar-refractivity contribution is 1.18. The predicted molar refractivity (Wildman–Crippen MR) is 218 cm³/mol. The summed E-state index contributed by atoms with van der Waals surface area (Å²) in [7, 11) is 0. The summed E-state index contributed by atoms with van der Waals surface area (Å²) in [5.41, 5.74) is 13.4. The highest BCUT2D eigenvalue weighted by molar-refractivity contribution is 6.22. The van der Waals surface area contributed by atoms with Crippen molar-refractivity contribution in [3.8, 4) is 50.2 Å². The average molecular weight is 648 g/mol. The van der Waals surface area contributed by atoms with Crippen LogP contribution in [0.25, 0.3) is 93.5 Å². The molecule has 0 saturated heterocycles. The van der Waals surface area contributed by atoms with Crippen LogP contribution in [-0.4, -0.2) is 4.57 Å². The van der Waals surface area contributed by atoms with Crippen molar-refractivity contribution in [1.82, 2.24) is 4.57 Å². The second kappa shape index (κ2) is 12.0. The largest absolute Gasteiger partial charge is 0.309 e. The van der Waals surface area contributed by atoms with Crippen molar-refractivity contribution >= 4 is 43.4 Å². The van der Waals surface area contributed by atoms with E-state index in [4.69, 9.17) is 0 Å². The van der Waals surface area contributed by atoms with Crippen LogP contribution < -0.4 is 0 Å². The van der Waals surface area contributed by atoms with Gasteiger partial charge in [0.2, 0.25) is 0 Å². The number of para-hydroxylation sites is 2. The first-order valence-corrected chi connectivity index (χ1v) is 17.6. The summed E-state index contributed by atoms with van der Waals surface area (Å²) in [5, 5.41) is 7.57. The average Bonchev–Trinajstić information content (AvgIpc) is 3.55. The lowest BCUT2D eigenvalue weighted by atomic mass is 9.85. The highest BCUT2D eigenvalue weighted by Crippen LogP contribution is 2.45. The Balaban J connectivity index is 1.17. The third-order valence-corrected chi connectivity index (χ3v) is 10.4. The Morgan fingerprint density at radius 2 is 0.608 bits per heavy atom. The fraction of sp³-hybridized carbons (Fsp3) is 0. The van der Waals surface area contributed by atoms with E-state index in [1.807, 2.05) is 0 Å². The molecule has 0 N–H and O–H groups in total. The molecule has 51 heavy (non-hydrogen) atoms. The number of fused-ring (bicyclic) bond motifs is 5. The molecule has 0 radical (unpaired) electrons. The van der Waals surface area contributed by atoms with E-state index in [2.05, 4.69) is 205 Å². The Hall–Kier alpha value is -6.70. The normalized spacial score (nSPS) is 11.5. The minimum absolute atomic E-state index is 1.16. The van der Waals surface area contributed by atoms with Gasteiger partial charge in [-0.3, -0.25) is 0 Å². The van der Waals surface area contributed by atoms with Crippen molar-refractivity contribution in [2.45, 2.75) is 0 Å². The Bertz CT molecular complexity index is 2810. The van der Waals surface area contributed by atoms with Gasteiger partial charge < -0.3 is 4.57 Å². The summed E-state index contributed by atoms with van der Waals surface area (Å²) >= 11 is 0. The third kappa shape index (κ3) is 4.86. The molecule has 0 amide bonds. The molecule has 0 atom stereocenters. The Morgan fingerprint density at radius 1 is 0.235 bits per heavy atom. The molecule has 0 fully saturated rings. The molecule has 0 unspecified atom stereocenters. The summed E-state index contributed by atoms with van der Waals surface area (Å²) in [6.45, 7) is 0. The molecule has 0 aliphatic heterocycles. The Labute approximate surface area is 297 Å². The molecule has 1 heterocycles. The first kappa shape index (κ1) is 29.2. The number of benzene rings is 9. The fourth-order valence-corrected chi connectivity index (χ4v) is 8.05. The number of hydrogen-bond donors (Lipinski definition) is 0. The van der Waals surface area contributed by atoms with Gasteiger partial charge in [-0.25, -0.2) is 0 Å². The van der Waals surface area contributed by atoms with Crippen molar-refractivity contribution in [3.05, 3.63) is 200 Å². The molecule has 10 aromatic rings. The first-order valence-electron chi connectivity index (χ1n) is 17.6. The van der Waals surface area contributed by atoms with Gasteiger partial charge in [0.25, 0.3) is 0 Å². The number of aromatic nitrogens is 1. The zero-order valence-electron chi connectivity index (χ0n) is 28.0. The van der Waals surface area contributed by atoms with Crippen molar-refractivity contribution in [1.29, 1.82) is 0 Å². The summed E-state index contributed by atoms with van der Waals surface area (Å²) in [6.07, 6.45) is 0. The number of hydrogen-bond acceptors (Lipinski definition) is 0. The molecular formula is C50H33N. The van der Waals surface area contributed by atoms with Crippen LogP contribution >= 0.6 is 0 Å². The van der Waals surface area contributed by atoms with E-state index < -0.39 is 0 Å². The predicted octanol–water partition coefficient (Wildman–Crippen LogP) is 13.8. The van der Waals surface area contributed by atoms with Gasteiger partial charge in [-0.05, 0) is 96.4 Å². The van der Waals surface area contributed by atoms with Crippen LogP contribution in [0.15, 0.2) is 200 Å². The standard InChI is InChI=1S/C50H33N/c1-3-13-34(14-4-1)35-23-25-36(26-24-35)39-29-32-45-46(33-39)50(37-15-5-2-6-16-37)44-20-8-7-19-43(44)49(45)38-27-30-40(31-28-38)51-47-21-11-9-17-41(47)42-18-10-12-22-48(42)51/h1-33H. The second-order valence-electron chi connectivity index (χ2n) is 13.3. The van der Waals surface area contributed by atoms with Crippen LogP contribution in [-0.2, 0) is 0 Å². The van der Waals surface area contributed by atoms with Gasteiger partial charge in [0, 0.05) is 16.5 Å². The maximum absolute atomic E-state index is 2.40. The van der Waals surface area contributed by atoms with Crippen LogP contribution in [0.2, 0.25) is 0 Å². The Kier molecular flexibility index (Phi) is 6.89. The lowest BCUT2D eigenvalue weighted by Crippen LogP contribution is -1.95. The van der Waals surface area contributed by atoms with Crippen LogP contribution in [0.1, 0.15) is 0 Å². The van der Waals surface area contributed by atoms with Gasteiger partial charge in [0.15, 0.2) is 0 Å². The topological polar surface area (TPSA) is 4.93 Å². The van der Waals surface area contributed by atoms with Crippen LogP contribution in [0, 0.1) is 0 Å². The van der Waals surface area contributed by atoms with Crippen molar-refractivity contribution in [2.24, 2.45) is 0 Å². The minimum Gasteiger partial charge on any atom is -0.309 e. The quantitative estimate of drug-likeness (QED) is 0.164. The first-order chi connectivity index (χ1) is 25.3. The molecule has 1 heteroatoms. The number of rotatable bonds is 5. The van der Waals surface area contributed by atoms with Gasteiger partial charge in [-0.1, -0.05) is 170 Å². The fourth-order valence-electron chi connectivity index (χ4n) is 8.05. The molecule has 0 aliphatic carbocycles. The highest BCUT2D eigenvalue weighted by atomic mass is 15.0. The third-order valence-electron chi connectivity index (χ3n) is 10.4. The summed E-state index contributed by atoms with van der Waals surface area (Å²) in [6, 6.07) is 72.9. The molecule has 0 bridgehead atoms. The molecule has 0 saturated carbocycles. The lowest BCUT2D eigenvalue weighted by Gasteiger charge is -2.19. The minimum atomic E-state index is 1.16. The van der Waals surface area contributed by atoms with E-state index >= 15 is 0 Å². The van der Waals surface area contributed by atoms with Crippen LogP contribution in [0.3, 0.4) is 0 Å². The second-order valence-corrected chi connectivity index (χ2v) is 13.3. The monoisotopic (exact) mass is 647 g/mol. The zero-order valence-corrected chi connectivity index (χ0v) is 28.0. The molecule has 0 aliphatic rings. The number of nitrogens with zero attached hydrogens (tertiary/aromatic N) is 1. The summed E-state index contributed by atoms with van der Waals surface area (Å²) in [5.74, 6) is 0. The smallest absolute Gasteiger partial charge is 0.0541 e. The van der Waals surface area contributed by atoms with Crippen LogP contribution in [0.5, 0.6) is 0 Å². The molecule has 238 valence electrons. The van der Waals surface area contributed by atoms with E-state index in [9.17, 15) is 0 Å². The highest BCUT2D eigenvalue weighted by Gasteiger charge is 2.18. The molecular weight excluding hydrogens is 615 g/mol. The summed E-state index contributed by atoms with van der Waals surface area (Å²) in [4.78, 5) is 0. The van der Waals surface area contributed by atoms with Gasteiger partial charge in [0.05, 0.1) is 11.0 Å². The van der Waals surface area contributed by atoms with Crippen molar-refractivity contribution in [2.75, 3.05) is 0 Å². The van der Waals surface area contributed by atoms with Gasteiger partial charge in [-0.2, -0.15) is 0 Å². The Morgan fingerprint density at radius 3 is 1.20 bits per heavy atom. The molecule has 1 aromatic heterocycles. The SMILES string of the molecule is c1ccc(-c2ccc(-c3ccc4c(-c5ccc(-n6c7ccccc7c7ccccc76)cc5)c5ccccc5c(-c5ccccc5)c4c3)cc2)cc1. The molecule has 10 rings (SSSR count). The van der Waals surface area contributed by atoms with E-state index in [-0.39, 0.29) is 0 Å². The molecule has 0 spiro atoms. The maximum atomic E-state index is 2.40. The summed E-state index contributed by atoms with van der Waals surface area (Å²) < 4.78 is 2.39. The molecule has 1 nitrogen and oxygen atoms in total. The van der Waals surface area contributed by atoms with Crippen molar-refractivity contribution < 1.29 is 0 Å². The zero-order chi connectivity index (χ0) is 33.7. The van der Waals surface area contributed by atoms with Crippen molar-refractivity contribution in [3.63, 3.8) is 0 Å². The molecule has 9 aromatic carbocycles. The van der Waals surface area contributed by atoms with Gasteiger partial charge in [0.1, 0.15) is 0 Å². The van der Waals surface area contributed by atoms with E-state index in [0.717, 1.165) is 5.69 Å².